The zero-order chi connectivity index (χ0) is 27.7. The largest absolute Gasteiger partial charge is 0.495 e. The molecule has 1 aliphatic heterocycles. The first kappa shape index (κ1) is 26.2. The molecule has 0 saturated carbocycles. The topological polar surface area (TPSA) is 85.5 Å². The van der Waals surface area contributed by atoms with Gasteiger partial charge < -0.3 is 19.6 Å². The normalized spacial score (nSPS) is 18.1. The number of anilines is 1. The van der Waals surface area contributed by atoms with E-state index in [2.05, 4.69) is 42.4 Å². The first-order valence-corrected chi connectivity index (χ1v) is 13.1. The average Bonchev–Trinajstić information content (AvgIpc) is 2.95. The molecular weight excluding hydrogens is 486 g/mol. The Hall–Kier alpha value is -4.41. The quantitative estimate of drug-likeness (QED) is 0.353. The van der Waals surface area contributed by atoms with E-state index in [0.717, 1.165) is 63.5 Å². The van der Waals surface area contributed by atoms with E-state index in [0.29, 0.717) is 5.56 Å². The van der Waals surface area contributed by atoms with Crippen LogP contribution in [-0.2, 0) is 0 Å². The van der Waals surface area contributed by atoms with Crippen molar-refractivity contribution in [2.24, 2.45) is 0 Å². The van der Waals surface area contributed by atoms with Gasteiger partial charge in [-0.1, -0.05) is 30.8 Å². The zero-order valence-corrected chi connectivity index (χ0v) is 22.8. The summed E-state index contributed by atoms with van der Waals surface area (Å²) in [6.45, 7) is 11.8. The van der Waals surface area contributed by atoms with E-state index in [1.165, 1.54) is 0 Å². The highest BCUT2D eigenvalue weighted by Gasteiger charge is 2.32. The Morgan fingerprint density at radius 3 is 2.28 bits per heavy atom. The molecule has 3 atom stereocenters. The van der Waals surface area contributed by atoms with Crippen LogP contribution in [-0.4, -0.2) is 58.4 Å². The Kier molecular flexibility index (Phi) is 7.23. The maximum Gasteiger partial charge on any atom is 0.137 e. The maximum atomic E-state index is 10.0. The highest BCUT2D eigenvalue weighted by molar-refractivity contribution is 6.00. The van der Waals surface area contributed by atoms with Gasteiger partial charge in [-0.05, 0) is 56.7 Å². The van der Waals surface area contributed by atoms with Crippen LogP contribution in [0.15, 0.2) is 79.3 Å². The number of nitrogens with zero attached hydrogens (tertiary/aromatic N) is 5. The number of ether oxygens (including phenoxy) is 1. The van der Waals surface area contributed by atoms with Gasteiger partial charge >= 0.3 is 0 Å². The molecule has 1 aliphatic rings. The maximum absolute atomic E-state index is 10.0. The summed E-state index contributed by atoms with van der Waals surface area (Å²) in [4.78, 5) is 14.2. The highest BCUT2D eigenvalue weighted by Crippen LogP contribution is 2.39. The van der Waals surface area contributed by atoms with Gasteiger partial charge in [0.15, 0.2) is 0 Å². The van der Waals surface area contributed by atoms with Crippen LogP contribution in [0.1, 0.15) is 26.3 Å². The molecule has 4 aromatic rings. The minimum absolute atomic E-state index is 0.201. The first-order chi connectivity index (χ1) is 18.8. The summed E-state index contributed by atoms with van der Waals surface area (Å²) >= 11 is 0. The second kappa shape index (κ2) is 10.8. The molecule has 1 saturated heterocycles. The first-order valence-electron chi connectivity index (χ1n) is 13.1. The number of piperazine rings is 1. The van der Waals surface area contributed by atoms with Crippen LogP contribution in [0.4, 0.5) is 5.82 Å². The molecule has 0 bridgehead atoms. The van der Waals surface area contributed by atoms with Gasteiger partial charge in [0, 0.05) is 65.3 Å². The molecule has 5 rings (SSSR count). The van der Waals surface area contributed by atoms with Crippen LogP contribution < -0.4 is 9.64 Å². The van der Waals surface area contributed by atoms with Crippen molar-refractivity contribution in [3.63, 3.8) is 0 Å². The minimum Gasteiger partial charge on any atom is -0.495 e. The Bertz CT molecular complexity index is 1530. The summed E-state index contributed by atoms with van der Waals surface area (Å²) in [7, 11) is 1.68. The third-order valence-corrected chi connectivity index (χ3v) is 7.49. The van der Waals surface area contributed by atoms with Crippen LogP contribution in [0, 0.1) is 11.3 Å². The molecule has 3 heterocycles. The molecule has 39 heavy (non-hydrogen) atoms. The summed E-state index contributed by atoms with van der Waals surface area (Å²) in [5, 5.41) is 20.1. The van der Waals surface area contributed by atoms with Crippen molar-refractivity contribution in [3.05, 3.63) is 84.8 Å². The minimum atomic E-state index is -0.565. The number of methoxy groups -OCH3 is 1. The van der Waals surface area contributed by atoms with Crippen molar-refractivity contribution >= 4 is 16.7 Å². The van der Waals surface area contributed by atoms with Gasteiger partial charge in [0.1, 0.15) is 11.6 Å². The van der Waals surface area contributed by atoms with E-state index < -0.39 is 6.10 Å². The number of aliphatic hydroxyl groups is 1. The molecule has 0 aliphatic carbocycles. The van der Waals surface area contributed by atoms with Crippen LogP contribution in [0.2, 0.25) is 0 Å². The van der Waals surface area contributed by atoms with Gasteiger partial charge in [0.05, 0.1) is 30.4 Å². The number of nitriles is 1. The van der Waals surface area contributed by atoms with Gasteiger partial charge in [0.25, 0.3) is 0 Å². The monoisotopic (exact) mass is 519 g/mol. The van der Waals surface area contributed by atoms with E-state index in [9.17, 15) is 5.11 Å². The molecule has 3 unspecified atom stereocenters. The Morgan fingerprint density at radius 1 is 1.00 bits per heavy atom. The van der Waals surface area contributed by atoms with Crippen molar-refractivity contribution in [2.45, 2.75) is 39.0 Å². The third-order valence-electron chi connectivity index (χ3n) is 7.49. The number of hydrogen-bond acceptors (Lipinski definition) is 7. The molecule has 2 aromatic carbocycles. The standard InChI is InChI=1S/C32H33N5O2/c1-20-18-36(19-21(2)37(20)22(3)23(4)38)30-14-13-26(16-34-30)29-17-35-31-27(7-6-8-28(31)32(29)39-5)25-11-9-24(15-33)10-12-25/h6-14,16-17,20-21,23,38H,3,18-19H2,1-2,4-5H3. The zero-order valence-electron chi connectivity index (χ0n) is 22.8. The SMILES string of the molecule is C=C(C(C)O)N1C(C)CN(c2ccc(-c3cnc4c(-c5ccc(C#N)cc5)cccc4c3OC)cn2)CC1C. The lowest BCUT2D eigenvalue weighted by Crippen LogP contribution is -2.57. The summed E-state index contributed by atoms with van der Waals surface area (Å²) in [5.41, 5.74) is 6.00. The number of benzene rings is 2. The Labute approximate surface area is 229 Å². The number of fused-ring (bicyclic) bond motifs is 1. The summed E-state index contributed by atoms with van der Waals surface area (Å²) in [6, 6.07) is 20.3. The number of para-hydroxylation sites is 1. The number of aromatic nitrogens is 2. The van der Waals surface area contributed by atoms with E-state index >= 15 is 0 Å². The second-order valence-corrected chi connectivity index (χ2v) is 10.2. The van der Waals surface area contributed by atoms with Crippen LogP contribution in [0.25, 0.3) is 33.2 Å². The van der Waals surface area contributed by atoms with Gasteiger partial charge in [-0.3, -0.25) is 4.98 Å². The Morgan fingerprint density at radius 2 is 1.69 bits per heavy atom. The van der Waals surface area contributed by atoms with E-state index in [4.69, 9.17) is 20.0 Å². The molecule has 1 N–H and O–H groups in total. The van der Waals surface area contributed by atoms with Crippen LogP contribution >= 0.6 is 0 Å². The lowest BCUT2D eigenvalue weighted by molar-refractivity contribution is 0.117. The van der Waals surface area contributed by atoms with Gasteiger partial charge in [-0.2, -0.15) is 5.26 Å². The lowest BCUT2D eigenvalue weighted by Gasteiger charge is -2.47. The van der Waals surface area contributed by atoms with Crippen molar-refractivity contribution < 1.29 is 9.84 Å². The van der Waals surface area contributed by atoms with Gasteiger partial charge in [-0.25, -0.2) is 4.98 Å². The number of rotatable bonds is 6. The highest BCUT2D eigenvalue weighted by atomic mass is 16.5. The number of hydrogen-bond donors (Lipinski definition) is 1. The molecule has 0 spiro atoms. The van der Waals surface area contributed by atoms with Gasteiger partial charge in [-0.15, -0.1) is 0 Å². The van der Waals surface area contributed by atoms with E-state index in [-0.39, 0.29) is 12.1 Å². The van der Waals surface area contributed by atoms with E-state index in [1.807, 2.05) is 60.9 Å². The van der Waals surface area contributed by atoms with Crippen molar-refractivity contribution in [1.29, 1.82) is 5.26 Å². The molecular formula is C32H33N5O2. The molecule has 7 nitrogen and oxygen atoms in total. The molecule has 0 amide bonds. The van der Waals surface area contributed by atoms with Crippen LogP contribution in [0.3, 0.4) is 0 Å². The van der Waals surface area contributed by atoms with Crippen molar-refractivity contribution in [3.8, 4) is 34.1 Å². The number of aliphatic hydroxyl groups excluding tert-OH is 1. The Balaban J connectivity index is 1.44. The fourth-order valence-corrected chi connectivity index (χ4v) is 5.61. The van der Waals surface area contributed by atoms with Crippen molar-refractivity contribution in [1.82, 2.24) is 14.9 Å². The van der Waals surface area contributed by atoms with Gasteiger partial charge in [0.2, 0.25) is 0 Å². The fourth-order valence-electron chi connectivity index (χ4n) is 5.61. The fraction of sp³-hybridized carbons (Fsp3) is 0.281. The molecule has 7 heteroatoms. The molecule has 198 valence electrons. The lowest BCUT2D eigenvalue weighted by atomic mass is 9.98. The summed E-state index contributed by atoms with van der Waals surface area (Å²) < 4.78 is 5.91. The van der Waals surface area contributed by atoms with Crippen molar-refractivity contribution in [2.75, 3.05) is 25.1 Å². The molecule has 0 radical (unpaired) electrons. The third kappa shape index (κ3) is 4.91. The predicted octanol–water partition coefficient (Wildman–Crippen LogP) is 5.64. The molecule has 1 fully saturated rings. The smallest absolute Gasteiger partial charge is 0.137 e. The summed E-state index contributed by atoms with van der Waals surface area (Å²) in [5.74, 6) is 1.66. The number of pyridine rings is 2. The average molecular weight is 520 g/mol. The summed E-state index contributed by atoms with van der Waals surface area (Å²) in [6.07, 6.45) is 3.15. The second-order valence-electron chi connectivity index (χ2n) is 10.2. The van der Waals surface area contributed by atoms with Crippen LogP contribution in [0.5, 0.6) is 5.75 Å². The van der Waals surface area contributed by atoms with E-state index in [1.54, 1.807) is 14.0 Å². The molecule has 2 aromatic heterocycles. The predicted molar refractivity (Wildman–Crippen MR) is 155 cm³/mol.